The smallest absolute Gasteiger partial charge is 0.101 e. The minimum atomic E-state index is 0. The molecule has 2 N–H and O–H groups in total. The largest absolute Gasteiger partial charge is 0.396 e. The number of hydrogen-bond donors (Lipinski definition) is 2. The summed E-state index contributed by atoms with van der Waals surface area (Å²) in [7, 11) is 0. The van der Waals surface area contributed by atoms with E-state index >= 15 is 0 Å². The Balaban J connectivity index is 0.00000121. The van der Waals surface area contributed by atoms with Crippen molar-refractivity contribution >= 4 is 18.2 Å². The van der Waals surface area contributed by atoms with Gasteiger partial charge in [-0.2, -0.15) is 0 Å². The van der Waals surface area contributed by atoms with Crippen LogP contribution in [0.1, 0.15) is 6.42 Å². The highest BCUT2D eigenvalue weighted by molar-refractivity contribution is 5.85. The number of aliphatic imine (C=N–C) groups is 1. The molecular weight excluding hydrogens is 180 g/mol. The number of β-amino-alcohol motifs (C(OH)–C–C–N with tert-alkyl or cyclic N) is 1. The normalized spacial score (nSPS) is 15.8. The molecular formula is C7H15ClN2O2. The van der Waals surface area contributed by atoms with Crippen molar-refractivity contribution in [1.29, 1.82) is 0 Å². The number of nitrogens with zero attached hydrogens (tertiary/aromatic N) is 2. The van der Waals surface area contributed by atoms with Gasteiger partial charge in [0, 0.05) is 19.5 Å². The van der Waals surface area contributed by atoms with Gasteiger partial charge in [-0.3, -0.25) is 4.99 Å². The predicted octanol–water partition coefficient (Wildman–Crippen LogP) is -0.503. The van der Waals surface area contributed by atoms with Gasteiger partial charge in [0.1, 0.15) is 5.84 Å². The van der Waals surface area contributed by atoms with Crippen molar-refractivity contribution in [2.75, 3.05) is 32.8 Å². The Hall–Kier alpha value is -0.320. The molecule has 1 rings (SSSR count). The molecule has 0 aliphatic carbocycles. The van der Waals surface area contributed by atoms with Crippen LogP contribution in [0.5, 0.6) is 0 Å². The molecule has 0 saturated carbocycles. The molecule has 0 aromatic carbocycles. The average Bonchev–Trinajstić information content (AvgIpc) is 2.39. The van der Waals surface area contributed by atoms with Gasteiger partial charge in [-0.1, -0.05) is 0 Å². The second-order valence-corrected chi connectivity index (χ2v) is 2.48. The van der Waals surface area contributed by atoms with Gasteiger partial charge in [0.05, 0.1) is 19.8 Å². The fourth-order valence-corrected chi connectivity index (χ4v) is 1.23. The van der Waals surface area contributed by atoms with Crippen LogP contribution in [0.25, 0.3) is 0 Å². The van der Waals surface area contributed by atoms with Crippen LogP contribution in [0.3, 0.4) is 0 Å². The van der Waals surface area contributed by atoms with Crippen molar-refractivity contribution in [3.05, 3.63) is 0 Å². The first-order chi connectivity index (χ1) is 5.38. The van der Waals surface area contributed by atoms with E-state index in [1.54, 1.807) is 0 Å². The van der Waals surface area contributed by atoms with E-state index in [0.717, 1.165) is 18.9 Å². The molecule has 12 heavy (non-hydrogen) atoms. The van der Waals surface area contributed by atoms with Crippen LogP contribution in [-0.4, -0.2) is 53.8 Å². The molecule has 1 aliphatic heterocycles. The average molecular weight is 195 g/mol. The van der Waals surface area contributed by atoms with Crippen molar-refractivity contribution in [1.82, 2.24) is 4.90 Å². The van der Waals surface area contributed by atoms with E-state index in [4.69, 9.17) is 10.2 Å². The van der Waals surface area contributed by atoms with Crippen molar-refractivity contribution in [3.8, 4) is 0 Å². The lowest BCUT2D eigenvalue weighted by molar-refractivity contribution is 0.250. The highest BCUT2D eigenvalue weighted by Crippen LogP contribution is 2.03. The molecule has 0 fully saturated rings. The van der Waals surface area contributed by atoms with Gasteiger partial charge in [-0.25, -0.2) is 0 Å². The molecule has 0 aromatic heterocycles. The lowest BCUT2D eigenvalue weighted by atomic mass is 10.4. The number of hydrogen-bond acceptors (Lipinski definition) is 4. The van der Waals surface area contributed by atoms with Crippen LogP contribution >= 0.6 is 12.4 Å². The molecule has 4 nitrogen and oxygen atoms in total. The number of halogens is 1. The Morgan fingerprint density at radius 3 is 2.67 bits per heavy atom. The quantitative estimate of drug-likeness (QED) is 0.635. The summed E-state index contributed by atoms with van der Waals surface area (Å²) in [6.45, 7) is 2.62. The second kappa shape index (κ2) is 6.22. The van der Waals surface area contributed by atoms with Crippen LogP contribution in [0.15, 0.2) is 4.99 Å². The van der Waals surface area contributed by atoms with Crippen molar-refractivity contribution in [2.24, 2.45) is 4.99 Å². The van der Waals surface area contributed by atoms with E-state index in [9.17, 15) is 0 Å². The summed E-state index contributed by atoms with van der Waals surface area (Å²) in [6, 6.07) is 0. The van der Waals surface area contributed by atoms with Crippen LogP contribution in [-0.2, 0) is 0 Å². The van der Waals surface area contributed by atoms with Gasteiger partial charge >= 0.3 is 0 Å². The SMILES string of the molecule is Cl.OCCC1=NCCN1CCO. The Labute approximate surface area is 78.3 Å². The zero-order valence-corrected chi connectivity index (χ0v) is 7.76. The zero-order valence-electron chi connectivity index (χ0n) is 6.94. The number of amidine groups is 1. The standard InChI is InChI=1S/C7H14N2O2.ClH/c10-5-1-7-8-2-3-9(7)4-6-11;/h10-11H,1-6H2;1H. The Morgan fingerprint density at radius 2 is 2.08 bits per heavy atom. The maximum Gasteiger partial charge on any atom is 0.101 e. The summed E-state index contributed by atoms with van der Waals surface area (Å²) >= 11 is 0. The highest BCUT2D eigenvalue weighted by atomic mass is 35.5. The molecule has 0 atom stereocenters. The van der Waals surface area contributed by atoms with Gasteiger partial charge in [0.15, 0.2) is 0 Å². The van der Waals surface area contributed by atoms with Gasteiger partial charge < -0.3 is 15.1 Å². The van der Waals surface area contributed by atoms with Crippen LogP contribution < -0.4 is 0 Å². The third-order valence-corrected chi connectivity index (χ3v) is 1.73. The fraction of sp³-hybridized carbons (Fsp3) is 0.857. The van der Waals surface area contributed by atoms with E-state index in [1.165, 1.54) is 0 Å². The van der Waals surface area contributed by atoms with Crippen LogP contribution in [0.2, 0.25) is 0 Å². The third-order valence-electron chi connectivity index (χ3n) is 1.73. The molecule has 1 heterocycles. The first-order valence-electron chi connectivity index (χ1n) is 3.88. The lowest BCUT2D eigenvalue weighted by Gasteiger charge is -2.17. The zero-order chi connectivity index (χ0) is 8.10. The van der Waals surface area contributed by atoms with Gasteiger partial charge in [0.2, 0.25) is 0 Å². The molecule has 0 unspecified atom stereocenters. The minimum Gasteiger partial charge on any atom is -0.396 e. The van der Waals surface area contributed by atoms with Crippen LogP contribution in [0, 0.1) is 0 Å². The van der Waals surface area contributed by atoms with Gasteiger partial charge in [-0.15, -0.1) is 12.4 Å². The molecule has 0 amide bonds. The Morgan fingerprint density at radius 1 is 1.33 bits per heavy atom. The van der Waals surface area contributed by atoms with Crippen molar-refractivity contribution < 1.29 is 10.2 Å². The topological polar surface area (TPSA) is 56.1 Å². The molecule has 0 radical (unpaired) electrons. The number of rotatable bonds is 4. The summed E-state index contributed by atoms with van der Waals surface area (Å²) in [6.07, 6.45) is 0.611. The second-order valence-electron chi connectivity index (χ2n) is 2.48. The Kier molecular flexibility index (Phi) is 6.06. The van der Waals surface area contributed by atoms with E-state index in [1.807, 2.05) is 4.90 Å². The molecule has 0 bridgehead atoms. The molecule has 0 spiro atoms. The summed E-state index contributed by atoms with van der Waals surface area (Å²) < 4.78 is 0. The molecule has 1 aliphatic rings. The van der Waals surface area contributed by atoms with Crippen LogP contribution in [0.4, 0.5) is 0 Å². The molecule has 5 heteroatoms. The van der Waals surface area contributed by atoms with E-state index < -0.39 is 0 Å². The van der Waals surface area contributed by atoms with Crippen molar-refractivity contribution in [2.45, 2.75) is 6.42 Å². The predicted molar refractivity (Wildman–Crippen MR) is 49.9 cm³/mol. The van der Waals surface area contributed by atoms with E-state index in [2.05, 4.69) is 4.99 Å². The maximum absolute atomic E-state index is 8.65. The monoisotopic (exact) mass is 194 g/mol. The minimum absolute atomic E-state index is 0. The van der Waals surface area contributed by atoms with Gasteiger partial charge in [-0.05, 0) is 0 Å². The van der Waals surface area contributed by atoms with E-state index in [0.29, 0.717) is 13.0 Å². The van der Waals surface area contributed by atoms with Crippen molar-refractivity contribution in [3.63, 3.8) is 0 Å². The lowest BCUT2D eigenvalue weighted by Crippen LogP contribution is -2.31. The number of aliphatic hydroxyl groups excluding tert-OH is 2. The first kappa shape index (κ1) is 11.7. The van der Waals surface area contributed by atoms with Gasteiger partial charge in [0.25, 0.3) is 0 Å². The summed E-state index contributed by atoms with van der Waals surface area (Å²) in [4.78, 5) is 6.21. The number of aliphatic hydroxyl groups is 2. The summed E-state index contributed by atoms with van der Waals surface area (Å²) in [5, 5.41) is 17.3. The molecule has 72 valence electrons. The molecule has 0 aromatic rings. The fourth-order valence-electron chi connectivity index (χ4n) is 1.23. The van der Waals surface area contributed by atoms with E-state index in [-0.39, 0.29) is 25.6 Å². The summed E-state index contributed by atoms with van der Waals surface area (Å²) in [5.74, 6) is 0.932. The first-order valence-corrected chi connectivity index (χ1v) is 3.88. The maximum atomic E-state index is 8.65. The Bertz CT molecular complexity index is 152. The molecule has 0 saturated heterocycles. The third kappa shape index (κ3) is 2.97. The highest BCUT2D eigenvalue weighted by Gasteiger charge is 2.14. The summed E-state index contributed by atoms with van der Waals surface area (Å²) in [5.41, 5.74) is 0.